The predicted molar refractivity (Wildman–Crippen MR) is 66.7 cm³/mol. The fourth-order valence-electron chi connectivity index (χ4n) is 1.55. The largest absolute Gasteiger partial charge is 0.325 e. The van der Waals surface area contributed by atoms with Crippen LogP contribution in [0.1, 0.15) is 18.5 Å². The summed E-state index contributed by atoms with van der Waals surface area (Å²) in [6.45, 7) is 3.43. The highest BCUT2D eigenvalue weighted by Gasteiger charge is 2.14. The number of amides is 1. The van der Waals surface area contributed by atoms with Crippen molar-refractivity contribution in [2.45, 2.75) is 19.9 Å². The van der Waals surface area contributed by atoms with Gasteiger partial charge in [-0.15, -0.1) is 0 Å². The summed E-state index contributed by atoms with van der Waals surface area (Å²) >= 11 is 0. The van der Waals surface area contributed by atoms with Crippen LogP contribution < -0.4 is 5.32 Å². The van der Waals surface area contributed by atoms with Crippen LogP contribution in [0, 0.1) is 12.7 Å². The third-order valence-electron chi connectivity index (χ3n) is 2.79. The number of hydrogen-bond acceptors (Lipinski definition) is 2. The van der Waals surface area contributed by atoms with Gasteiger partial charge in [-0.25, -0.2) is 9.37 Å². The summed E-state index contributed by atoms with van der Waals surface area (Å²) in [5, 5.41) is 2.67. The third-order valence-corrected chi connectivity index (χ3v) is 2.79. The summed E-state index contributed by atoms with van der Waals surface area (Å²) in [5.41, 5.74) is 1.01. The van der Waals surface area contributed by atoms with E-state index in [0.717, 1.165) is 0 Å². The first-order valence-corrected chi connectivity index (χ1v) is 5.62. The zero-order chi connectivity index (χ0) is 13.1. The number of nitrogens with one attached hydrogen (secondary N) is 1. The van der Waals surface area contributed by atoms with E-state index in [1.54, 1.807) is 49.3 Å². The molecule has 0 aliphatic carbocycles. The number of carbonyl (C=O) groups is 1. The highest BCUT2D eigenvalue weighted by molar-refractivity contribution is 5.93. The molecular formula is C13H14FN3O. The van der Waals surface area contributed by atoms with E-state index < -0.39 is 6.04 Å². The van der Waals surface area contributed by atoms with Crippen LogP contribution in [0.15, 0.2) is 36.9 Å². The molecule has 94 valence electrons. The van der Waals surface area contributed by atoms with E-state index in [0.29, 0.717) is 11.3 Å². The predicted octanol–water partition coefficient (Wildman–Crippen LogP) is 2.53. The first-order valence-electron chi connectivity index (χ1n) is 5.62. The lowest BCUT2D eigenvalue weighted by molar-refractivity contribution is -0.118. The van der Waals surface area contributed by atoms with E-state index >= 15 is 0 Å². The van der Waals surface area contributed by atoms with Crippen molar-refractivity contribution in [3.05, 3.63) is 48.3 Å². The van der Waals surface area contributed by atoms with E-state index in [4.69, 9.17) is 0 Å². The van der Waals surface area contributed by atoms with Crippen molar-refractivity contribution in [2.75, 3.05) is 5.32 Å². The van der Waals surface area contributed by atoms with E-state index in [2.05, 4.69) is 10.3 Å². The molecule has 2 rings (SSSR count). The normalized spacial score (nSPS) is 12.2. The van der Waals surface area contributed by atoms with E-state index in [9.17, 15) is 9.18 Å². The average Bonchev–Trinajstić information content (AvgIpc) is 2.86. The Labute approximate surface area is 104 Å². The van der Waals surface area contributed by atoms with E-state index in [1.165, 1.54) is 6.07 Å². The zero-order valence-corrected chi connectivity index (χ0v) is 10.2. The lowest BCUT2D eigenvalue weighted by Crippen LogP contribution is -2.22. The smallest absolute Gasteiger partial charge is 0.247 e. The first-order chi connectivity index (χ1) is 8.58. The molecule has 0 saturated carbocycles. The van der Waals surface area contributed by atoms with Gasteiger partial charge >= 0.3 is 0 Å². The second-order valence-electron chi connectivity index (χ2n) is 4.14. The van der Waals surface area contributed by atoms with Crippen LogP contribution >= 0.6 is 0 Å². The van der Waals surface area contributed by atoms with Gasteiger partial charge in [0.15, 0.2) is 0 Å². The molecule has 1 heterocycles. The number of aryl methyl sites for hydroxylation is 1. The topological polar surface area (TPSA) is 46.9 Å². The van der Waals surface area contributed by atoms with Crippen molar-refractivity contribution >= 4 is 11.6 Å². The Morgan fingerprint density at radius 3 is 2.89 bits per heavy atom. The van der Waals surface area contributed by atoms with Crippen molar-refractivity contribution in [3.63, 3.8) is 0 Å². The van der Waals surface area contributed by atoms with Gasteiger partial charge in [0, 0.05) is 18.1 Å². The Hall–Kier alpha value is -2.17. The van der Waals surface area contributed by atoms with Gasteiger partial charge in [0.05, 0.1) is 6.33 Å². The van der Waals surface area contributed by atoms with Crippen molar-refractivity contribution in [3.8, 4) is 0 Å². The number of carbonyl (C=O) groups excluding carboxylic acids is 1. The molecule has 1 amide bonds. The second kappa shape index (κ2) is 5.00. The fraction of sp³-hybridized carbons (Fsp3) is 0.231. The molecule has 4 nitrogen and oxygen atoms in total. The molecule has 0 spiro atoms. The maximum atomic E-state index is 13.3. The van der Waals surface area contributed by atoms with Crippen LogP contribution in [0.5, 0.6) is 0 Å². The summed E-state index contributed by atoms with van der Waals surface area (Å²) in [4.78, 5) is 15.8. The molecule has 0 bridgehead atoms. The van der Waals surface area contributed by atoms with Crippen molar-refractivity contribution in [1.82, 2.24) is 9.55 Å². The summed E-state index contributed by atoms with van der Waals surface area (Å²) < 4.78 is 15.0. The fourth-order valence-corrected chi connectivity index (χ4v) is 1.55. The van der Waals surface area contributed by atoms with E-state index in [-0.39, 0.29) is 11.7 Å². The van der Waals surface area contributed by atoms with Gasteiger partial charge in [-0.2, -0.15) is 0 Å². The van der Waals surface area contributed by atoms with Gasteiger partial charge in [-0.05, 0) is 31.5 Å². The number of benzene rings is 1. The number of nitrogens with zero attached hydrogens (tertiary/aromatic N) is 2. The van der Waals surface area contributed by atoms with Gasteiger partial charge < -0.3 is 9.88 Å². The van der Waals surface area contributed by atoms with Crippen LogP contribution in [-0.2, 0) is 4.79 Å². The summed E-state index contributed by atoms with van der Waals surface area (Å²) in [6.07, 6.45) is 4.88. The standard InChI is InChI=1S/C13H14FN3O/c1-9-3-4-11(7-12(9)14)16-13(18)10(2)17-6-5-15-8-17/h3-8,10H,1-2H3,(H,16,18). The molecule has 1 atom stereocenters. The SMILES string of the molecule is Cc1ccc(NC(=O)C(C)n2ccnc2)cc1F. The summed E-state index contributed by atoms with van der Waals surface area (Å²) in [7, 11) is 0. The molecule has 1 aromatic carbocycles. The summed E-state index contributed by atoms with van der Waals surface area (Å²) in [6, 6.07) is 4.23. The van der Waals surface area contributed by atoms with E-state index in [1.807, 2.05) is 0 Å². The Bertz CT molecular complexity index is 551. The number of anilines is 1. The van der Waals surface area contributed by atoms with Crippen molar-refractivity contribution in [2.24, 2.45) is 0 Å². The lowest BCUT2D eigenvalue weighted by atomic mass is 10.2. The lowest BCUT2D eigenvalue weighted by Gasteiger charge is -2.13. The monoisotopic (exact) mass is 247 g/mol. The Kier molecular flexibility index (Phi) is 3.41. The van der Waals surface area contributed by atoms with Crippen LogP contribution in [0.4, 0.5) is 10.1 Å². The molecule has 5 heteroatoms. The second-order valence-corrected chi connectivity index (χ2v) is 4.14. The van der Waals surface area contributed by atoms with Crippen LogP contribution in [0.3, 0.4) is 0 Å². The number of halogens is 1. The number of hydrogen-bond donors (Lipinski definition) is 1. The number of imidazole rings is 1. The zero-order valence-electron chi connectivity index (χ0n) is 10.2. The number of aromatic nitrogens is 2. The Morgan fingerprint density at radius 2 is 2.28 bits per heavy atom. The molecule has 0 radical (unpaired) electrons. The minimum absolute atomic E-state index is 0.212. The third kappa shape index (κ3) is 2.56. The molecule has 18 heavy (non-hydrogen) atoms. The van der Waals surface area contributed by atoms with Crippen LogP contribution in [0.2, 0.25) is 0 Å². The quantitative estimate of drug-likeness (QED) is 0.906. The van der Waals surface area contributed by atoms with Crippen LogP contribution in [-0.4, -0.2) is 15.5 Å². The molecule has 2 aromatic rings. The molecule has 1 aromatic heterocycles. The highest BCUT2D eigenvalue weighted by atomic mass is 19.1. The minimum atomic E-state index is -0.392. The van der Waals surface area contributed by atoms with Crippen molar-refractivity contribution < 1.29 is 9.18 Å². The molecular weight excluding hydrogens is 233 g/mol. The van der Waals surface area contributed by atoms with Gasteiger partial charge in [0.25, 0.3) is 0 Å². The first kappa shape index (κ1) is 12.3. The highest BCUT2D eigenvalue weighted by Crippen LogP contribution is 2.15. The Balaban J connectivity index is 2.09. The van der Waals surface area contributed by atoms with Gasteiger partial charge in [0.2, 0.25) is 5.91 Å². The minimum Gasteiger partial charge on any atom is -0.325 e. The summed E-state index contributed by atoms with van der Waals surface area (Å²) in [5.74, 6) is -0.542. The number of rotatable bonds is 3. The van der Waals surface area contributed by atoms with Crippen LogP contribution in [0.25, 0.3) is 0 Å². The molecule has 1 unspecified atom stereocenters. The van der Waals surface area contributed by atoms with Crippen molar-refractivity contribution in [1.29, 1.82) is 0 Å². The molecule has 0 aliphatic heterocycles. The van der Waals surface area contributed by atoms with Gasteiger partial charge in [-0.3, -0.25) is 4.79 Å². The van der Waals surface area contributed by atoms with Gasteiger partial charge in [-0.1, -0.05) is 6.07 Å². The Morgan fingerprint density at radius 1 is 1.50 bits per heavy atom. The molecule has 0 saturated heterocycles. The van der Waals surface area contributed by atoms with Gasteiger partial charge in [0.1, 0.15) is 11.9 Å². The molecule has 0 fully saturated rings. The molecule has 1 N–H and O–H groups in total. The maximum Gasteiger partial charge on any atom is 0.247 e. The maximum absolute atomic E-state index is 13.3. The average molecular weight is 247 g/mol. The molecule has 0 aliphatic rings.